The largest absolute Gasteiger partial charge is 0.416 e. The number of para-hydroxylation sites is 1. The average Bonchev–Trinajstić information content (AvgIpc) is 3.09. The molecule has 2 N–H and O–H groups in total. The number of halogens is 3. The van der Waals surface area contributed by atoms with E-state index in [1.165, 1.54) is 12.1 Å². The van der Waals surface area contributed by atoms with Gasteiger partial charge in [0.15, 0.2) is 0 Å². The van der Waals surface area contributed by atoms with E-state index in [4.69, 9.17) is 0 Å². The molecule has 0 saturated heterocycles. The zero-order valence-corrected chi connectivity index (χ0v) is 12.7. The monoisotopic (exact) mass is 332 g/mol. The number of anilines is 1. The van der Waals surface area contributed by atoms with Crippen LogP contribution in [0.15, 0.2) is 54.6 Å². The van der Waals surface area contributed by atoms with Crippen LogP contribution in [0.5, 0.6) is 0 Å². The van der Waals surface area contributed by atoms with Crippen molar-refractivity contribution in [1.29, 1.82) is 0 Å². The third-order valence-corrected chi connectivity index (χ3v) is 3.75. The fraction of sp³-hybridized carbons (Fsp3) is 0.167. The van der Waals surface area contributed by atoms with Crippen LogP contribution in [-0.2, 0) is 6.18 Å². The first-order chi connectivity index (χ1) is 11.4. The van der Waals surface area contributed by atoms with Crippen LogP contribution in [0.3, 0.4) is 0 Å². The summed E-state index contributed by atoms with van der Waals surface area (Å²) in [5.74, 6) is -0.449. The Balaban J connectivity index is 1.80. The molecule has 1 aliphatic rings. The van der Waals surface area contributed by atoms with E-state index in [0.29, 0.717) is 5.69 Å². The summed E-state index contributed by atoms with van der Waals surface area (Å²) in [5.41, 5.74) is 1.81. The fourth-order valence-corrected chi connectivity index (χ4v) is 2.53. The van der Waals surface area contributed by atoms with Gasteiger partial charge in [0.2, 0.25) is 0 Å². The zero-order valence-electron chi connectivity index (χ0n) is 12.7. The summed E-state index contributed by atoms with van der Waals surface area (Å²) >= 11 is 0. The number of nitrogens with one attached hydrogen (secondary N) is 2. The molecular weight excluding hydrogens is 317 g/mol. The molecule has 1 aliphatic heterocycles. The van der Waals surface area contributed by atoms with Crippen molar-refractivity contribution in [3.63, 3.8) is 0 Å². The van der Waals surface area contributed by atoms with E-state index in [9.17, 15) is 18.0 Å². The quantitative estimate of drug-likeness (QED) is 0.880. The summed E-state index contributed by atoms with van der Waals surface area (Å²) in [5, 5.41) is 6.00. The number of benzene rings is 2. The van der Waals surface area contributed by atoms with E-state index in [1.807, 2.05) is 18.2 Å². The Morgan fingerprint density at radius 2 is 1.75 bits per heavy atom. The van der Waals surface area contributed by atoms with Gasteiger partial charge in [-0.15, -0.1) is 0 Å². The lowest BCUT2D eigenvalue weighted by Gasteiger charge is -2.13. The van der Waals surface area contributed by atoms with Gasteiger partial charge in [-0.05, 0) is 36.8 Å². The van der Waals surface area contributed by atoms with Gasteiger partial charge in [0.1, 0.15) is 0 Å². The van der Waals surface area contributed by atoms with Crippen molar-refractivity contribution >= 4 is 17.3 Å². The molecule has 0 atom stereocenters. The Morgan fingerprint density at radius 3 is 2.38 bits per heavy atom. The zero-order chi connectivity index (χ0) is 17.2. The molecule has 2 aromatic carbocycles. The fourth-order valence-electron chi connectivity index (χ4n) is 2.53. The van der Waals surface area contributed by atoms with Gasteiger partial charge in [-0.25, -0.2) is 0 Å². The predicted octanol–water partition coefficient (Wildman–Crippen LogP) is 4.29. The highest BCUT2D eigenvalue weighted by atomic mass is 19.4. The summed E-state index contributed by atoms with van der Waals surface area (Å²) in [6.45, 7) is 0.844. The normalized spacial score (nSPS) is 14.0. The smallest absolute Gasteiger partial charge is 0.384 e. The first-order valence-corrected chi connectivity index (χ1v) is 7.47. The highest BCUT2D eigenvalue weighted by Gasteiger charge is 2.30. The van der Waals surface area contributed by atoms with Crippen LogP contribution in [0, 0.1) is 0 Å². The van der Waals surface area contributed by atoms with Gasteiger partial charge in [-0.3, -0.25) is 4.79 Å². The number of carbonyl (C=O) groups is 1. The molecule has 2 aromatic rings. The molecule has 0 saturated carbocycles. The third-order valence-electron chi connectivity index (χ3n) is 3.75. The Morgan fingerprint density at radius 1 is 1.04 bits per heavy atom. The van der Waals surface area contributed by atoms with Crippen molar-refractivity contribution in [3.05, 3.63) is 71.3 Å². The number of amides is 1. The molecule has 3 rings (SSSR count). The van der Waals surface area contributed by atoms with E-state index < -0.39 is 17.6 Å². The van der Waals surface area contributed by atoms with Crippen molar-refractivity contribution in [1.82, 2.24) is 5.32 Å². The maximum Gasteiger partial charge on any atom is 0.416 e. The first-order valence-electron chi connectivity index (χ1n) is 7.47. The number of carbonyl (C=O) groups excluding carboxylic acids is 1. The Kier molecular flexibility index (Phi) is 4.29. The second-order valence-corrected chi connectivity index (χ2v) is 5.41. The van der Waals surface area contributed by atoms with E-state index >= 15 is 0 Å². The van der Waals surface area contributed by atoms with Crippen LogP contribution >= 0.6 is 0 Å². The molecule has 0 fully saturated rings. The molecule has 6 heteroatoms. The Labute approximate surface area is 137 Å². The predicted molar refractivity (Wildman–Crippen MR) is 86.4 cm³/mol. The van der Waals surface area contributed by atoms with Crippen molar-refractivity contribution in [2.45, 2.75) is 12.6 Å². The first kappa shape index (κ1) is 16.1. The minimum absolute atomic E-state index is 0.172. The lowest BCUT2D eigenvalue weighted by molar-refractivity contribution is -0.137. The van der Waals surface area contributed by atoms with Gasteiger partial charge in [0, 0.05) is 23.4 Å². The van der Waals surface area contributed by atoms with E-state index in [-0.39, 0.29) is 5.56 Å². The van der Waals surface area contributed by atoms with Gasteiger partial charge in [-0.1, -0.05) is 24.3 Å². The van der Waals surface area contributed by atoms with Crippen LogP contribution in [-0.4, -0.2) is 12.5 Å². The molecule has 24 heavy (non-hydrogen) atoms. The number of rotatable bonds is 3. The highest BCUT2D eigenvalue weighted by Crippen LogP contribution is 2.29. The topological polar surface area (TPSA) is 41.1 Å². The molecule has 0 aromatic heterocycles. The van der Waals surface area contributed by atoms with Gasteiger partial charge in [-0.2, -0.15) is 13.2 Å². The Hall–Kier alpha value is -2.76. The molecule has 1 heterocycles. The average molecular weight is 332 g/mol. The molecule has 0 spiro atoms. The van der Waals surface area contributed by atoms with Gasteiger partial charge in [0.25, 0.3) is 5.91 Å². The van der Waals surface area contributed by atoms with E-state index in [1.54, 1.807) is 12.1 Å². The lowest BCUT2D eigenvalue weighted by Crippen LogP contribution is -2.15. The third kappa shape index (κ3) is 3.42. The van der Waals surface area contributed by atoms with Crippen LogP contribution < -0.4 is 10.6 Å². The summed E-state index contributed by atoms with van der Waals surface area (Å²) in [6, 6.07) is 11.5. The molecule has 0 radical (unpaired) electrons. The van der Waals surface area contributed by atoms with Crippen molar-refractivity contribution < 1.29 is 18.0 Å². The number of hydrogen-bond acceptors (Lipinski definition) is 2. The highest BCUT2D eigenvalue weighted by molar-refractivity contribution is 6.05. The van der Waals surface area contributed by atoms with Crippen LogP contribution in [0.1, 0.15) is 27.9 Å². The summed E-state index contributed by atoms with van der Waals surface area (Å²) in [7, 11) is 0. The maximum atomic E-state index is 12.6. The van der Waals surface area contributed by atoms with Crippen molar-refractivity contribution in [2.24, 2.45) is 0 Å². The number of alkyl halides is 3. The molecular formula is C18H15F3N2O. The number of hydrogen-bond donors (Lipinski definition) is 2. The molecule has 124 valence electrons. The van der Waals surface area contributed by atoms with Crippen LogP contribution in [0.25, 0.3) is 5.70 Å². The minimum Gasteiger partial charge on any atom is -0.384 e. The molecule has 1 amide bonds. The van der Waals surface area contributed by atoms with E-state index in [0.717, 1.165) is 36.4 Å². The van der Waals surface area contributed by atoms with Crippen molar-refractivity contribution in [2.75, 3.05) is 11.9 Å². The second-order valence-electron chi connectivity index (χ2n) is 5.41. The van der Waals surface area contributed by atoms with Crippen LogP contribution in [0.4, 0.5) is 18.9 Å². The lowest BCUT2D eigenvalue weighted by atomic mass is 10.1. The molecule has 3 nitrogen and oxygen atoms in total. The van der Waals surface area contributed by atoms with E-state index in [2.05, 4.69) is 10.6 Å². The maximum absolute atomic E-state index is 12.6. The van der Waals surface area contributed by atoms with Gasteiger partial charge >= 0.3 is 6.18 Å². The Bertz CT molecular complexity index is 780. The van der Waals surface area contributed by atoms with Gasteiger partial charge in [0.05, 0.1) is 11.3 Å². The van der Waals surface area contributed by atoms with Crippen molar-refractivity contribution in [3.8, 4) is 0 Å². The summed E-state index contributed by atoms with van der Waals surface area (Å²) in [4.78, 5) is 12.3. The second kappa shape index (κ2) is 6.39. The SMILES string of the molecule is O=C(Nc1ccccc1C1=CCCN1)c1ccc(C(F)(F)F)cc1. The molecule has 0 bridgehead atoms. The summed E-state index contributed by atoms with van der Waals surface area (Å²) in [6.07, 6.45) is -1.46. The molecule has 0 aliphatic carbocycles. The van der Waals surface area contributed by atoms with Crippen LogP contribution in [0.2, 0.25) is 0 Å². The minimum atomic E-state index is -4.41. The van der Waals surface area contributed by atoms with Gasteiger partial charge < -0.3 is 10.6 Å². The standard InChI is InChI=1S/C18H15F3N2O/c19-18(20,21)13-9-7-12(8-10-13)17(24)23-16-5-2-1-4-14(16)15-6-3-11-22-15/h1-2,4-10,22H,3,11H2,(H,23,24). The molecule has 0 unspecified atom stereocenters. The summed E-state index contributed by atoms with van der Waals surface area (Å²) < 4.78 is 37.7.